The second-order valence-corrected chi connectivity index (χ2v) is 13.0. The number of amides is 2. The molecule has 1 fully saturated rings. The van der Waals surface area contributed by atoms with Gasteiger partial charge in [0.1, 0.15) is 12.1 Å². The van der Waals surface area contributed by atoms with Gasteiger partial charge >= 0.3 is 12.4 Å². The first kappa shape index (κ1) is 34.0. The molecule has 0 spiro atoms. The third-order valence-electron chi connectivity index (χ3n) is 8.14. The predicted molar refractivity (Wildman–Crippen MR) is 182 cm³/mol. The number of rotatable bonds is 9. The van der Waals surface area contributed by atoms with Crippen molar-refractivity contribution in [3.8, 4) is 22.8 Å². The largest absolute Gasteiger partial charge is 0.573 e. The maximum absolute atomic E-state index is 13.2. The summed E-state index contributed by atoms with van der Waals surface area (Å²) >= 11 is 1.62. The van der Waals surface area contributed by atoms with E-state index in [1.165, 1.54) is 46.4 Å². The zero-order valence-corrected chi connectivity index (χ0v) is 27.9. The van der Waals surface area contributed by atoms with Gasteiger partial charge in [-0.05, 0) is 79.6 Å². The van der Waals surface area contributed by atoms with Crippen molar-refractivity contribution in [2.24, 2.45) is 4.99 Å². The number of hydrogen-bond donors (Lipinski definition) is 1. The van der Waals surface area contributed by atoms with E-state index in [1.807, 2.05) is 24.3 Å². The summed E-state index contributed by atoms with van der Waals surface area (Å²) in [6.45, 7) is 11.2. The fraction of sp³-hybridized carbons (Fsp3) is 0.371. The van der Waals surface area contributed by atoms with Gasteiger partial charge < -0.3 is 15.0 Å². The number of aryl methyl sites for hydroxylation is 1. The first-order valence-corrected chi connectivity index (χ1v) is 16.7. The number of halogens is 3. The number of amidine groups is 1. The number of ether oxygens (including phenoxy) is 1. The number of carbonyl (C=O) groups excluding carboxylic acids is 1. The van der Waals surface area contributed by atoms with Crippen LogP contribution in [0.2, 0.25) is 0 Å². The summed E-state index contributed by atoms with van der Waals surface area (Å²) in [7, 11) is 0. The van der Waals surface area contributed by atoms with Crippen LogP contribution in [-0.4, -0.2) is 50.7 Å². The molecule has 2 atom stereocenters. The second kappa shape index (κ2) is 14.6. The van der Waals surface area contributed by atoms with Gasteiger partial charge in [0.05, 0.1) is 5.69 Å². The number of alkyl halides is 3. The van der Waals surface area contributed by atoms with E-state index in [4.69, 9.17) is 0 Å². The Hall–Kier alpha value is -4.32. The van der Waals surface area contributed by atoms with E-state index in [-0.39, 0.29) is 23.7 Å². The molecule has 1 aliphatic rings. The van der Waals surface area contributed by atoms with Crippen LogP contribution in [0.3, 0.4) is 0 Å². The number of thioether (sulfide) groups is 1. The minimum Gasteiger partial charge on any atom is -0.406 e. The SMILES string of the molecule is CCC(CNC(=O)N=C1SCCC(C)N1c1cc(C)ccc1C(C)C)c1ccc(-c2ncn(-c3ccc(OC(F)(F)F)cc3)n2)cc1. The lowest BCUT2D eigenvalue weighted by atomic mass is 9.95. The molecule has 5 rings (SSSR count). The minimum atomic E-state index is -4.75. The van der Waals surface area contributed by atoms with Crippen LogP contribution in [0.15, 0.2) is 78.0 Å². The second-order valence-electron chi connectivity index (χ2n) is 11.9. The lowest BCUT2D eigenvalue weighted by Gasteiger charge is -2.37. The highest BCUT2D eigenvalue weighted by Gasteiger charge is 2.31. The molecule has 0 aliphatic carbocycles. The molecule has 2 heterocycles. The van der Waals surface area contributed by atoms with Gasteiger partial charge in [-0.1, -0.05) is 68.9 Å². The van der Waals surface area contributed by atoms with Crippen LogP contribution in [-0.2, 0) is 0 Å². The van der Waals surface area contributed by atoms with Gasteiger partial charge in [0.2, 0.25) is 0 Å². The highest BCUT2D eigenvalue weighted by atomic mass is 32.2. The fourth-order valence-corrected chi connectivity index (χ4v) is 6.75. The van der Waals surface area contributed by atoms with Gasteiger partial charge in [-0.25, -0.2) is 14.5 Å². The third-order valence-corrected chi connectivity index (χ3v) is 9.12. The quantitative estimate of drug-likeness (QED) is 0.193. The number of anilines is 1. The Morgan fingerprint density at radius 1 is 1.11 bits per heavy atom. The lowest BCUT2D eigenvalue weighted by molar-refractivity contribution is -0.274. The Labute approximate surface area is 277 Å². The van der Waals surface area contributed by atoms with Crippen molar-refractivity contribution >= 4 is 28.6 Å². The van der Waals surface area contributed by atoms with E-state index in [0.717, 1.165) is 40.6 Å². The summed E-state index contributed by atoms with van der Waals surface area (Å²) in [5.74, 6) is 1.49. The van der Waals surface area contributed by atoms with Gasteiger partial charge in [0.25, 0.3) is 0 Å². The Kier molecular flexibility index (Phi) is 10.6. The van der Waals surface area contributed by atoms with Crippen molar-refractivity contribution in [1.82, 2.24) is 20.1 Å². The number of nitrogens with one attached hydrogen (secondary N) is 1. The van der Waals surface area contributed by atoms with Gasteiger partial charge in [-0.2, -0.15) is 4.99 Å². The normalized spacial score (nSPS) is 16.8. The molecule has 1 aromatic heterocycles. The molecule has 0 radical (unpaired) electrons. The molecule has 0 saturated carbocycles. The van der Waals surface area contributed by atoms with E-state index in [9.17, 15) is 18.0 Å². The van der Waals surface area contributed by atoms with Crippen LogP contribution in [0.5, 0.6) is 5.75 Å². The molecule has 8 nitrogen and oxygen atoms in total. The molecule has 1 aliphatic heterocycles. The first-order valence-electron chi connectivity index (χ1n) is 15.7. The van der Waals surface area contributed by atoms with E-state index < -0.39 is 6.36 Å². The molecule has 3 aromatic carbocycles. The van der Waals surface area contributed by atoms with Crippen molar-refractivity contribution in [3.05, 3.63) is 89.7 Å². The Morgan fingerprint density at radius 3 is 2.49 bits per heavy atom. The zero-order valence-electron chi connectivity index (χ0n) is 27.1. The van der Waals surface area contributed by atoms with Gasteiger partial charge in [-0.15, -0.1) is 18.3 Å². The van der Waals surface area contributed by atoms with Crippen molar-refractivity contribution in [1.29, 1.82) is 0 Å². The highest BCUT2D eigenvalue weighted by Crippen LogP contribution is 2.35. The van der Waals surface area contributed by atoms with Crippen LogP contribution in [0.1, 0.15) is 69.1 Å². The van der Waals surface area contributed by atoms with Crippen LogP contribution in [0, 0.1) is 6.92 Å². The fourth-order valence-electron chi connectivity index (χ4n) is 5.54. The topological polar surface area (TPSA) is 84.6 Å². The van der Waals surface area contributed by atoms with E-state index in [2.05, 4.69) is 82.8 Å². The number of aliphatic imine (C=N–C) groups is 1. The molecular formula is C35H39F3N6O2S. The summed E-state index contributed by atoms with van der Waals surface area (Å²) in [6.07, 6.45) is -1.42. The molecule has 2 amide bonds. The number of aromatic nitrogens is 3. The number of benzene rings is 3. The summed E-state index contributed by atoms with van der Waals surface area (Å²) in [4.78, 5) is 24.3. The lowest BCUT2D eigenvalue weighted by Crippen LogP contribution is -2.43. The number of nitrogens with zero attached hydrogens (tertiary/aromatic N) is 5. The van der Waals surface area contributed by atoms with Crippen LogP contribution >= 0.6 is 11.8 Å². The summed E-state index contributed by atoms with van der Waals surface area (Å²) < 4.78 is 42.8. The maximum Gasteiger partial charge on any atom is 0.573 e. The molecule has 4 aromatic rings. The van der Waals surface area contributed by atoms with E-state index in [1.54, 1.807) is 11.8 Å². The average molecular weight is 665 g/mol. The molecule has 1 N–H and O–H groups in total. The standard InChI is InChI=1S/C35H39F3N6O2S/c1-6-25(20-39-33(45)41-34-44(24(5)17-18-47-34)31-19-23(4)7-16-30(31)22(2)3)26-8-10-27(11-9-26)32-40-21-43(42-32)28-12-14-29(15-13-28)46-35(36,37)38/h7-16,19,21-22,24-25H,6,17-18,20H2,1-5H3,(H,39,45). The maximum atomic E-state index is 13.2. The van der Waals surface area contributed by atoms with Crippen LogP contribution in [0.4, 0.5) is 23.7 Å². The molecule has 248 valence electrons. The summed E-state index contributed by atoms with van der Waals surface area (Å²) in [5.41, 5.74) is 5.92. The monoisotopic (exact) mass is 664 g/mol. The van der Waals surface area contributed by atoms with Crippen LogP contribution in [0.25, 0.3) is 17.1 Å². The third kappa shape index (κ3) is 8.54. The van der Waals surface area contributed by atoms with Crippen molar-refractivity contribution in [3.63, 3.8) is 0 Å². The van der Waals surface area contributed by atoms with Crippen molar-refractivity contribution in [2.45, 2.75) is 71.7 Å². The Bertz CT molecular complexity index is 1700. The molecule has 47 heavy (non-hydrogen) atoms. The number of carbonyl (C=O) groups is 1. The predicted octanol–water partition coefficient (Wildman–Crippen LogP) is 8.86. The Morgan fingerprint density at radius 2 is 1.83 bits per heavy atom. The van der Waals surface area contributed by atoms with Crippen molar-refractivity contribution < 1.29 is 22.7 Å². The first-order chi connectivity index (χ1) is 22.4. The van der Waals surface area contributed by atoms with Gasteiger partial charge in [0, 0.05) is 35.5 Å². The van der Waals surface area contributed by atoms with Gasteiger partial charge in [0.15, 0.2) is 11.0 Å². The molecule has 12 heteroatoms. The molecule has 2 unspecified atom stereocenters. The molecule has 1 saturated heterocycles. The minimum absolute atomic E-state index is 0.0782. The average Bonchev–Trinajstić information content (AvgIpc) is 3.52. The zero-order chi connectivity index (χ0) is 33.7. The summed E-state index contributed by atoms with van der Waals surface area (Å²) in [6, 6.07) is 19.6. The van der Waals surface area contributed by atoms with Crippen molar-refractivity contribution in [2.75, 3.05) is 17.2 Å². The van der Waals surface area contributed by atoms with Crippen LogP contribution < -0.4 is 15.0 Å². The summed E-state index contributed by atoms with van der Waals surface area (Å²) in [5, 5.41) is 8.24. The number of urea groups is 1. The van der Waals surface area contributed by atoms with Gasteiger partial charge in [-0.3, -0.25) is 0 Å². The van der Waals surface area contributed by atoms with E-state index >= 15 is 0 Å². The molecule has 0 bridgehead atoms. The smallest absolute Gasteiger partial charge is 0.406 e. The highest BCUT2D eigenvalue weighted by molar-refractivity contribution is 8.14. The number of hydrogen-bond acceptors (Lipinski definition) is 5. The Balaban J connectivity index is 1.24. The van der Waals surface area contributed by atoms with E-state index in [0.29, 0.717) is 24.0 Å². The molecular weight excluding hydrogens is 625 g/mol.